The van der Waals surface area contributed by atoms with E-state index in [9.17, 15) is 4.39 Å². The van der Waals surface area contributed by atoms with Gasteiger partial charge >= 0.3 is 0 Å². The summed E-state index contributed by atoms with van der Waals surface area (Å²) in [7, 11) is 0. The van der Waals surface area contributed by atoms with Crippen LogP contribution in [0.3, 0.4) is 0 Å². The van der Waals surface area contributed by atoms with Crippen molar-refractivity contribution >= 4 is 27.4 Å². The number of benzene rings is 2. The van der Waals surface area contributed by atoms with E-state index in [1.165, 1.54) is 18.9 Å². The van der Waals surface area contributed by atoms with Gasteiger partial charge < -0.3 is 10.3 Å². The second kappa shape index (κ2) is 9.63. The van der Waals surface area contributed by atoms with Crippen LogP contribution in [0.2, 0.25) is 0 Å². The molecule has 1 fully saturated rings. The van der Waals surface area contributed by atoms with Crippen molar-refractivity contribution in [1.29, 1.82) is 0 Å². The van der Waals surface area contributed by atoms with Gasteiger partial charge in [0, 0.05) is 39.5 Å². The molecular formula is C32H28FN5. The third-order valence-electron chi connectivity index (χ3n) is 7.08. The summed E-state index contributed by atoms with van der Waals surface area (Å²) in [5.41, 5.74) is 8.73. The molecule has 0 spiro atoms. The molecule has 0 saturated heterocycles. The molecule has 3 aromatic heterocycles. The van der Waals surface area contributed by atoms with Gasteiger partial charge in [0.15, 0.2) is 0 Å². The Bertz CT molecular complexity index is 1760. The third kappa shape index (κ3) is 4.34. The van der Waals surface area contributed by atoms with E-state index in [0.29, 0.717) is 11.5 Å². The van der Waals surface area contributed by atoms with Crippen LogP contribution in [-0.2, 0) is 0 Å². The van der Waals surface area contributed by atoms with E-state index in [2.05, 4.69) is 62.9 Å². The molecule has 5 nitrogen and oxygen atoms in total. The molecule has 38 heavy (non-hydrogen) atoms. The summed E-state index contributed by atoms with van der Waals surface area (Å²) in [6.07, 6.45) is 11.8. The Kier molecular flexibility index (Phi) is 6.00. The van der Waals surface area contributed by atoms with E-state index in [1.807, 2.05) is 31.2 Å². The highest BCUT2D eigenvalue weighted by atomic mass is 19.1. The largest absolute Gasteiger partial charge is 0.359 e. The van der Waals surface area contributed by atoms with Gasteiger partial charge in [-0.2, -0.15) is 5.10 Å². The minimum atomic E-state index is -0.277. The Hall–Kier alpha value is -4.71. The Morgan fingerprint density at radius 1 is 1.05 bits per heavy atom. The first-order chi connectivity index (χ1) is 18.6. The molecule has 1 saturated carbocycles. The van der Waals surface area contributed by atoms with E-state index in [4.69, 9.17) is 0 Å². The highest BCUT2D eigenvalue weighted by molar-refractivity contribution is 6.01. The maximum absolute atomic E-state index is 14.6. The number of nitrogens with one attached hydrogen (secondary N) is 3. The van der Waals surface area contributed by atoms with Crippen molar-refractivity contribution in [2.45, 2.75) is 19.8 Å². The molecule has 188 valence electrons. The van der Waals surface area contributed by atoms with Crippen molar-refractivity contribution in [3.8, 4) is 22.5 Å². The zero-order chi connectivity index (χ0) is 26.2. The van der Waals surface area contributed by atoms with Crippen LogP contribution in [0.25, 0.3) is 49.9 Å². The number of fused-ring (bicyclic) bond motifs is 2. The Morgan fingerprint density at radius 3 is 2.66 bits per heavy atom. The average Bonchev–Trinajstić information content (AvgIpc) is 3.57. The molecule has 0 atom stereocenters. The Morgan fingerprint density at radius 2 is 1.89 bits per heavy atom. The van der Waals surface area contributed by atoms with Gasteiger partial charge in [-0.25, -0.2) is 4.39 Å². The van der Waals surface area contributed by atoms with Gasteiger partial charge in [-0.3, -0.25) is 10.1 Å². The molecule has 0 bridgehead atoms. The highest BCUT2D eigenvalue weighted by Gasteiger charge is 2.24. The molecule has 5 aromatic rings. The molecule has 1 aliphatic carbocycles. The Labute approximate surface area is 220 Å². The maximum atomic E-state index is 14.6. The summed E-state index contributed by atoms with van der Waals surface area (Å²) in [6.45, 7) is 10.2. The van der Waals surface area contributed by atoms with Crippen molar-refractivity contribution in [2.24, 2.45) is 5.92 Å². The summed E-state index contributed by atoms with van der Waals surface area (Å²) in [5.74, 6) is 0.281. The second-order valence-corrected chi connectivity index (χ2v) is 9.62. The number of pyridine rings is 1. The molecule has 1 aliphatic rings. The van der Waals surface area contributed by atoms with Gasteiger partial charge in [0.25, 0.3) is 0 Å². The third-order valence-corrected chi connectivity index (χ3v) is 7.08. The maximum Gasteiger partial charge on any atom is 0.131 e. The van der Waals surface area contributed by atoms with Gasteiger partial charge in [0.2, 0.25) is 0 Å². The van der Waals surface area contributed by atoms with Gasteiger partial charge in [0.1, 0.15) is 11.5 Å². The lowest BCUT2D eigenvalue weighted by atomic mass is 10.0. The van der Waals surface area contributed by atoms with Gasteiger partial charge in [0.05, 0.1) is 22.9 Å². The SMILES string of the molecule is C=C/C(=C\C(=C/C)c1ccc2[nH]nc(-c3cc4c(-c5ccccc5F)cncc4[nH]3)c2c1)NC(=C)C1CC1. The van der Waals surface area contributed by atoms with Gasteiger partial charge in [-0.05, 0) is 73.2 Å². The van der Waals surface area contributed by atoms with E-state index in [1.54, 1.807) is 24.5 Å². The molecular weight excluding hydrogens is 473 g/mol. The summed E-state index contributed by atoms with van der Waals surface area (Å²) in [4.78, 5) is 7.78. The lowest BCUT2D eigenvalue weighted by Gasteiger charge is -2.11. The van der Waals surface area contributed by atoms with Crippen LogP contribution < -0.4 is 5.32 Å². The molecule has 6 heteroatoms. The molecule has 6 rings (SSSR count). The van der Waals surface area contributed by atoms with Crippen LogP contribution in [0.4, 0.5) is 4.39 Å². The fourth-order valence-corrected chi connectivity index (χ4v) is 4.84. The summed E-state index contributed by atoms with van der Waals surface area (Å²) < 4.78 is 14.6. The fraction of sp³-hybridized carbons (Fsp3) is 0.125. The van der Waals surface area contributed by atoms with Crippen molar-refractivity contribution in [1.82, 2.24) is 25.5 Å². The quantitative estimate of drug-likeness (QED) is 0.189. The number of hydrogen-bond acceptors (Lipinski definition) is 3. The van der Waals surface area contributed by atoms with Gasteiger partial charge in [-0.15, -0.1) is 0 Å². The lowest BCUT2D eigenvalue weighted by Crippen LogP contribution is -2.11. The van der Waals surface area contributed by atoms with E-state index in [-0.39, 0.29) is 5.82 Å². The van der Waals surface area contributed by atoms with Crippen LogP contribution in [0, 0.1) is 11.7 Å². The van der Waals surface area contributed by atoms with Crippen LogP contribution in [0.5, 0.6) is 0 Å². The van der Waals surface area contributed by atoms with Gasteiger partial charge in [-0.1, -0.05) is 43.5 Å². The van der Waals surface area contributed by atoms with Crippen molar-refractivity contribution < 1.29 is 4.39 Å². The van der Waals surface area contributed by atoms with Crippen LogP contribution in [-0.4, -0.2) is 20.2 Å². The molecule has 3 N–H and O–H groups in total. The van der Waals surface area contributed by atoms with Crippen molar-refractivity contribution in [3.05, 3.63) is 115 Å². The number of rotatable bonds is 8. The molecule has 2 aromatic carbocycles. The van der Waals surface area contributed by atoms with Crippen LogP contribution in [0.15, 0.2) is 104 Å². The number of aromatic nitrogens is 4. The number of hydrogen-bond donors (Lipinski definition) is 3. The first-order valence-electron chi connectivity index (χ1n) is 12.7. The van der Waals surface area contributed by atoms with E-state index < -0.39 is 0 Å². The number of H-pyrrole nitrogens is 2. The summed E-state index contributed by atoms with van der Waals surface area (Å²) >= 11 is 0. The first kappa shape index (κ1) is 23.7. The zero-order valence-electron chi connectivity index (χ0n) is 21.2. The van der Waals surface area contributed by atoms with Crippen LogP contribution in [0.1, 0.15) is 25.3 Å². The lowest BCUT2D eigenvalue weighted by molar-refractivity contribution is 0.631. The van der Waals surface area contributed by atoms with Crippen molar-refractivity contribution in [2.75, 3.05) is 0 Å². The predicted octanol–water partition coefficient (Wildman–Crippen LogP) is 7.90. The topological polar surface area (TPSA) is 69.4 Å². The normalized spacial score (nSPS) is 14.3. The molecule has 3 heterocycles. The smallest absolute Gasteiger partial charge is 0.131 e. The minimum absolute atomic E-state index is 0.277. The van der Waals surface area contributed by atoms with Crippen molar-refractivity contribution in [3.63, 3.8) is 0 Å². The molecule has 0 amide bonds. The summed E-state index contributed by atoms with van der Waals surface area (Å²) in [6, 6.07) is 15.0. The number of aromatic amines is 2. The molecule has 0 unspecified atom stereocenters. The zero-order valence-corrected chi connectivity index (χ0v) is 21.2. The Balaban J connectivity index is 1.40. The van der Waals surface area contributed by atoms with E-state index >= 15 is 0 Å². The summed E-state index contributed by atoms with van der Waals surface area (Å²) in [5, 5.41) is 13.1. The number of nitrogens with zero attached hydrogens (tertiary/aromatic N) is 2. The first-order valence-corrected chi connectivity index (χ1v) is 12.7. The molecule has 0 radical (unpaired) electrons. The minimum Gasteiger partial charge on any atom is -0.359 e. The average molecular weight is 502 g/mol. The van der Waals surface area contributed by atoms with E-state index in [0.717, 1.165) is 61.3 Å². The molecule has 0 aliphatic heterocycles. The monoisotopic (exact) mass is 501 g/mol. The highest BCUT2D eigenvalue weighted by Crippen LogP contribution is 2.36. The number of halogens is 1. The fourth-order valence-electron chi connectivity index (χ4n) is 4.84. The number of allylic oxidation sites excluding steroid dienone is 5. The predicted molar refractivity (Wildman–Crippen MR) is 154 cm³/mol. The standard InChI is InChI=1S/C32H28FN5/c1-4-20(14-23(5-2)35-19(3)21-10-11-21)22-12-13-29-26(15-22)32(38-37-29)30-16-25-27(17-34-18-31(25)36-30)24-8-6-7-9-28(24)33/h4-9,12-18,21,35-36H,2-3,10-11H2,1H3,(H,37,38)/b20-4+,23-14+. The second-order valence-electron chi connectivity index (χ2n) is 9.62. The van der Waals surface area contributed by atoms with Crippen LogP contribution >= 0.6 is 0 Å².